The molecule has 1 amide bonds. The Balaban J connectivity index is 1.89. The minimum atomic E-state index is -0.839. The molecule has 0 aliphatic rings. The summed E-state index contributed by atoms with van der Waals surface area (Å²) in [5.41, 5.74) is 1.73. The van der Waals surface area contributed by atoms with Gasteiger partial charge in [0.25, 0.3) is 0 Å². The number of hydrogen-bond donors (Lipinski definition) is 1. The Morgan fingerprint density at radius 3 is 2.42 bits per heavy atom. The van der Waals surface area contributed by atoms with Crippen molar-refractivity contribution in [1.82, 2.24) is 5.32 Å². The highest BCUT2D eigenvalue weighted by Gasteiger charge is 2.19. The number of rotatable bonds is 7. The lowest BCUT2D eigenvalue weighted by Crippen LogP contribution is -2.36. The van der Waals surface area contributed by atoms with Crippen molar-refractivity contribution in [2.45, 2.75) is 45.1 Å². The molecule has 0 aliphatic heterocycles. The molecule has 0 bridgehead atoms. The molecule has 24 heavy (non-hydrogen) atoms. The van der Waals surface area contributed by atoms with E-state index in [1.165, 1.54) is 6.07 Å². The average Bonchev–Trinajstić information content (AvgIpc) is 2.57. The zero-order valence-electron chi connectivity index (χ0n) is 14.1. The Morgan fingerprint density at radius 1 is 1.08 bits per heavy atom. The van der Waals surface area contributed by atoms with E-state index in [4.69, 9.17) is 0 Å². The Kier molecular flexibility index (Phi) is 6.47. The van der Waals surface area contributed by atoms with Gasteiger partial charge in [-0.15, -0.1) is 0 Å². The highest BCUT2D eigenvalue weighted by atomic mass is 19.2. The smallest absolute Gasteiger partial charge is 0.227 e. The molecule has 0 saturated heterocycles. The molecule has 0 fully saturated rings. The molecular weight excluding hydrogens is 308 g/mol. The van der Waals surface area contributed by atoms with Crippen LogP contribution in [0, 0.1) is 11.6 Å². The molecule has 0 saturated carbocycles. The molecule has 2 aromatic carbocycles. The Bertz CT molecular complexity index is 673. The first-order valence-corrected chi connectivity index (χ1v) is 8.30. The second-order valence-electron chi connectivity index (χ2n) is 6.07. The van der Waals surface area contributed by atoms with Crippen molar-refractivity contribution in [2.24, 2.45) is 0 Å². The fourth-order valence-corrected chi connectivity index (χ4v) is 2.75. The van der Waals surface area contributed by atoms with Gasteiger partial charge in [0.2, 0.25) is 5.91 Å². The van der Waals surface area contributed by atoms with E-state index in [1.54, 1.807) is 6.07 Å². The summed E-state index contributed by atoms with van der Waals surface area (Å²) in [7, 11) is 0. The van der Waals surface area contributed by atoms with Gasteiger partial charge in [-0.25, -0.2) is 8.78 Å². The maximum atomic E-state index is 13.2. The first-order chi connectivity index (χ1) is 11.5. The highest BCUT2D eigenvalue weighted by Crippen LogP contribution is 2.20. The van der Waals surface area contributed by atoms with E-state index in [2.05, 4.69) is 5.32 Å². The molecule has 0 spiro atoms. The van der Waals surface area contributed by atoms with Crippen LogP contribution in [-0.4, -0.2) is 11.9 Å². The first kappa shape index (κ1) is 18.1. The monoisotopic (exact) mass is 331 g/mol. The number of aryl methyl sites for hydroxylation is 1. The number of amides is 1. The lowest BCUT2D eigenvalue weighted by atomic mass is 9.95. The van der Waals surface area contributed by atoms with Gasteiger partial charge in [0.1, 0.15) is 0 Å². The molecular formula is C20H23F2NO. The topological polar surface area (TPSA) is 29.1 Å². The molecule has 0 aliphatic carbocycles. The summed E-state index contributed by atoms with van der Waals surface area (Å²) in [6.45, 7) is 3.92. The summed E-state index contributed by atoms with van der Waals surface area (Å²) in [5.74, 6) is -1.84. The van der Waals surface area contributed by atoms with E-state index >= 15 is 0 Å². The maximum absolute atomic E-state index is 13.2. The van der Waals surface area contributed by atoms with Crippen LogP contribution in [0.3, 0.4) is 0 Å². The molecule has 0 aromatic heterocycles. The summed E-state index contributed by atoms with van der Waals surface area (Å²) < 4.78 is 26.1. The van der Waals surface area contributed by atoms with E-state index in [0.717, 1.165) is 23.6 Å². The predicted molar refractivity (Wildman–Crippen MR) is 91.8 cm³/mol. The van der Waals surface area contributed by atoms with Crippen molar-refractivity contribution >= 4 is 5.91 Å². The molecule has 2 atom stereocenters. The highest BCUT2D eigenvalue weighted by molar-refractivity contribution is 5.83. The zero-order chi connectivity index (χ0) is 17.5. The predicted octanol–water partition coefficient (Wildman–Crippen LogP) is 4.60. The number of halogens is 2. The molecule has 0 heterocycles. The van der Waals surface area contributed by atoms with E-state index in [0.29, 0.717) is 12.8 Å². The Hall–Kier alpha value is -2.23. The quantitative estimate of drug-likeness (QED) is 0.789. The van der Waals surface area contributed by atoms with Crippen LogP contribution in [-0.2, 0) is 11.2 Å². The van der Waals surface area contributed by atoms with Crippen molar-refractivity contribution in [3.05, 3.63) is 71.3 Å². The van der Waals surface area contributed by atoms with Crippen LogP contribution < -0.4 is 5.32 Å². The maximum Gasteiger partial charge on any atom is 0.227 e. The first-order valence-electron chi connectivity index (χ1n) is 8.30. The van der Waals surface area contributed by atoms with E-state index < -0.39 is 11.6 Å². The van der Waals surface area contributed by atoms with Gasteiger partial charge >= 0.3 is 0 Å². The van der Waals surface area contributed by atoms with Gasteiger partial charge in [0, 0.05) is 6.04 Å². The van der Waals surface area contributed by atoms with Crippen molar-refractivity contribution in [3.8, 4) is 0 Å². The molecule has 128 valence electrons. The van der Waals surface area contributed by atoms with Crippen molar-refractivity contribution in [1.29, 1.82) is 0 Å². The van der Waals surface area contributed by atoms with Crippen LogP contribution in [0.1, 0.15) is 43.7 Å². The van der Waals surface area contributed by atoms with E-state index in [1.807, 2.05) is 44.2 Å². The van der Waals surface area contributed by atoms with E-state index in [-0.39, 0.29) is 17.9 Å². The number of nitrogens with one attached hydrogen (secondary N) is 1. The third-order valence-corrected chi connectivity index (χ3v) is 4.17. The third kappa shape index (κ3) is 4.88. The van der Waals surface area contributed by atoms with Gasteiger partial charge in [-0.1, -0.05) is 43.3 Å². The van der Waals surface area contributed by atoms with Gasteiger partial charge in [0.15, 0.2) is 11.6 Å². The molecule has 0 radical (unpaired) electrons. The Morgan fingerprint density at radius 2 is 1.79 bits per heavy atom. The second-order valence-corrected chi connectivity index (χ2v) is 6.07. The number of carbonyl (C=O) groups excluding carboxylic acids is 1. The zero-order valence-corrected chi connectivity index (χ0v) is 14.1. The SMILES string of the molecule is CCC(C(=O)NC(C)CCc1ccc(F)c(F)c1)c1ccccc1. The van der Waals surface area contributed by atoms with Crippen LogP contribution in [0.2, 0.25) is 0 Å². The molecule has 1 N–H and O–H groups in total. The minimum Gasteiger partial charge on any atom is -0.353 e. The summed E-state index contributed by atoms with van der Waals surface area (Å²) in [6, 6.07) is 13.6. The van der Waals surface area contributed by atoms with Gasteiger partial charge in [-0.05, 0) is 49.4 Å². The normalized spacial score (nSPS) is 13.3. The van der Waals surface area contributed by atoms with Crippen molar-refractivity contribution in [3.63, 3.8) is 0 Å². The molecule has 2 unspecified atom stereocenters. The van der Waals surface area contributed by atoms with Crippen molar-refractivity contribution in [2.75, 3.05) is 0 Å². The summed E-state index contributed by atoms with van der Waals surface area (Å²) >= 11 is 0. The van der Waals surface area contributed by atoms with Crippen LogP contribution in [0.25, 0.3) is 0 Å². The fraction of sp³-hybridized carbons (Fsp3) is 0.350. The molecule has 2 aromatic rings. The third-order valence-electron chi connectivity index (χ3n) is 4.17. The standard InChI is InChI=1S/C20H23F2NO/c1-3-17(16-7-5-4-6-8-16)20(24)23-14(2)9-10-15-11-12-18(21)19(22)13-15/h4-8,11-14,17H,3,9-10H2,1-2H3,(H,23,24). The second kappa shape index (κ2) is 8.57. The van der Waals surface area contributed by atoms with E-state index in [9.17, 15) is 13.6 Å². The van der Waals surface area contributed by atoms with Gasteiger partial charge < -0.3 is 5.32 Å². The molecule has 2 rings (SSSR count). The lowest BCUT2D eigenvalue weighted by molar-refractivity contribution is -0.123. The summed E-state index contributed by atoms with van der Waals surface area (Å²) in [5, 5.41) is 3.02. The lowest BCUT2D eigenvalue weighted by Gasteiger charge is -2.19. The van der Waals surface area contributed by atoms with Gasteiger partial charge in [0.05, 0.1) is 5.92 Å². The summed E-state index contributed by atoms with van der Waals surface area (Å²) in [4.78, 5) is 12.5. The average molecular weight is 331 g/mol. The van der Waals surface area contributed by atoms with Crippen LogP contribution >= 0.6 is 0 Å². The fourth-order valence-electron chi connectivity index (χ4n) is 2.75. The van der Waals surface area contributed by atoms with Crippen LogP contribution in [0.5, 0.6) is 0 Å². The number of benzene rings is 2. The van der Waals surface area contributed by atoms with Crippen LogP contribution in [0.4, 0.5) is 8.78 Å². The van der Waals surface area contributed by atoms with Gasteiger partial charge in [-0.2, -0.15) is 0 Å². The van der Waals surface area contributed by atoms with Gasteiger partial charge in [-0.3, -0.25) is 4.79 Å². The minimum absolute atomic E-state index is 0.00138. The summed E-state index contributed by atoms with van der Waals surface area (Å²) in [6.07, 6.45) is 1.98. The Labute approximate surface area is 141 Å². The number of carbonyl (C=O) groups is 1. The molecule has 4 heteroatoms. The number of hydrogen-bond acceptors (Lipinski definition) is 1. The largest absolute Gasteiger partial charge is 0.353 e. The van der Waals surface area contributed by atoms with Crippen molar-refractivity contribution < 1.29 is 13.6 Å². The van der Waals surface area contributed by atoms with Crippen LogP contribution in [0.15, 0.2) is 48.5 Å². The molecule has 2 nitrogen and oxygen atoms in total.